The average Bonchev–Trinajstić information content (AvgIpc) is 2.56. The van der Waals surface area contributed by atoms with E-state index in [-0.39, 0.29) is 11.5 Å². The van der Waals surface area contributed by atoms with Crippen LogP contribution in [0.25, 0.3) is 11.1 Å². The summed E-state index contributed by atoms with van der Waals surface area (Å²) < 4.78 is 0. The molecule has 3 nitrogen and oxygen atoms in total. The molecule has 0 heterocycles. The van der Waals surface area contributed by atoms with Crippen LogP contribution < -0.4 is 0 Å². The smallest absolute Gasteiger partial charge is 0.124 e. The van der Waals surface area contributed by atoms with Crippen molar-refractivity contribution in [2.45, 2.75) is 13.8 Å². The summed E-state index contributed by atoms with van der Waals surface area (Å²) in [6, 6.07) is 18.4. The van der Waals surface area contributed by atoms with E-state index in [1.54, 1.807) is 30.5 Å². The number of phenolic OH excluding ortho intramolecular Hbond substituents is 2. The number of hydrogen-bond acceptors (Lipinski definition) is 3. The molecule has 24 heavy (non-hydrogen) atoms. The van der Waals surface area contributed by atoms with Crippen LogP contribution in [0.4, 0.5) is 5.69 Å². The molecular weight excluding hydrogens is 298 g/mol. The standard InChI is InChI=1S/C21H19NO2/c1-14-7-5-10-17(22-13-16-9-3-4-11-18(16)23)20(14)21-15(2)8-6-12-19(21)24/h3-13,23-24H,1-2H3. The van der Waals surface area contributed by atoms with Gasteiger partial charge in [-0.2, -0.15) is 0 Å². The van der Waals surface area contributed by atoms with Crippen molar-refractivity contribution in [3.63, 3.8) is 0 Å². The molecule has 3 heteroatoms. The fourth-order valence-electron chi connectivity index (χ4n) is 2.80. The van der Waals surface area contributed by atoms with Crippen molar-refractivity contribution >= 4 is 11.9 Å². The Morgan fingerprint density at radius 1 is 0.708 bits per heavy atom. The topological polar surface area (TPSA) is 52.8 Å². The van der Waals surface area contributed by atoms with E-state index < -0.39 is 0 Å². The summed E-state index contributed by atoms with van der Waals surface area (Å²) in [5, 5.41) is 20.2. The molecule has 0 aliphatic carbocycles. The molecule has 3 aromatic rings. The lowest BCUT2D eigenvalue weighted by molar-refractivity contribution is 0.474. The highest BCUT2D eigenvalue weighted by Crippen LogP contribution is 2.40. The maximum absolute atomic E-state index is 10.3. The zero-order valence-electron chi connectivity index (χ0n) is 13.7. The van der Waals surface area contributed by atoms with Gasteiger partial charge in [0.1, 0.15) is 11.5 Å². The number of aromatic hydroxyl groups is 2. The maximum atomic E-state index is 10.3. The molecule has 0 saturated carbocycles. The van der Waals surface area contributed by atoms with Gasteiger partial charge in [0.15, 0.2) is 0 Å². The van der Waals surface area contributed by atoms with Crippen molar-refractivity contribution in [2.75, 3.05) is 0 Å². The molecule has 0 aromatic heterocycles. The van der Waals surface area contributed by atoms with Crippen LogP contribution in [0.2, 0.25) is 0 Å². The molecule has 0 atom stereocenters. The van der Waals surface area contributed by atoms with E-state index in [0.717, 1.165) is 27.9 Å². The third-order valence-corrected chi connectivity index (χ3v) is 4.03. The normalized spacial score (nSPS) is 11.1. The fourth-order valence-corrected chi connectivity index (χ4v) is 2.80. The van der Waals surface area contributed by atoms with Crippen LogP contribution >= 0.6 is 0 Å². The molecular formula is C21H19NO2. The van der Waals surface area contributed by atoms with Gasteiger partial charge in [0.25, 0.3) is 0 Å². The molecule has 120 valence electrons. The summed E-state index contributed by atoms with van der Waals surface area (Å²) in [6.45, 7) is 3.97. The molecule has 0 unspecified atom stereocenters. The molecule has 0 amide bonds. The van der Waals surface area contributed by atoms with Crippen molar-refractivity contribution in [2.24, 2.45) is 4.99 Å². The molecule has 3 rings (SSSR count). The van der Waals surface area contributed by atoms with Gasteiger partial charge in [-0.15, -0.1) is 0 Å². The van der Waals surface area contributed by atoms with E-state index in [9.17, 15) is 10.2 Å². The number of rotatable bonds is 3. The van der Waals surface area contributed by atoms with E-state index in [1.165, 1.54) is 0 Å². The molecule has 0 saturated heterocycles. The van der Waals surface area contributed by atoms with E-state index >= 15 is 0 Å². The second-order valence-corrected chi connectivity index (χ2v) is 5.76. The maximum Gasteiger partial charge on any atom is 0.124 e. The summed E-state index contributed by atoms with van der Waals surface area (Å²) in [5.41, 5.74) is 5.12. The summed E-state index contributed by atoms with van der Waals surface area (Å²) in [6.07, 6.45) is 1.64. The quantitative estimate of drug-likeness (QED) is 0.658. The SMILES string of the molecule is Cc1cccc(O)c1-c1c(C)cccc1N=Cc1ccccc1O. The van der Waals surface area contributed by atoms with Crippen LogP contribution in [-0.4, -0.2) is 16.4 Å². The largest absolute Gasteiger partial charge is 0.507 e. The van der Waals surface area contributed by atoms with Gasteiger partial charge in [-0.05, 0) is 49.2 Å². The number of benzene rings is 3. The van der Waals surface area contributed by atoms with Crippen LogP contribution in [0.1, 0.15) is 16.7 Å². The lowest BCUT2D eigenvalue weighted by Gasteiger charge is -2.14. The van der Waals surface area contributed by atoms with Gasteiger partial charge < -0.3 is 10.2 Å². The Balaban J connectivity index is 2.14. The van der Waals surface area contributed by atoms with Gasteiger partial charge in [-0.3, -0.25) is 4.99 Å². The van der Waals surface area contributed by atoms with Crippen molar-refractivity contribution in [3.05, 3.63) is 77.4 Å². The second-order valence-electron chi connectivity index (χ2n) is 5.76. The van der Waals surface area contributed by atoms with Crippen molar-refractivity contribution in [1.82, 2.24) is 0 Å². The minimum absolute atomic E-state index is 0.189. The Bertz CT molecular complexity index is 893. The van der Waals surface area contributed by atoms with Crippen LogP contribution in [0.15, 0.2) is 65.7 Å². The van der Waals surface area contributed by atoms with E-state index in [2.05, 4.69) is 4.99 Å². The predicted molar refractivity (Wildman–Crippen MR) is 98.4 cm³/mol. The molecule has 2 N–H and O–H groups in total. The number of para-hydroxylation sites is 1. The Kier molecular flexibility index (Phi) is 4.34. The van der Waals surface area contributed by atoms with Gasteiger partial charge >= 0.3 is 0 Å². The number of hydrogen-bond donors (Lipinski definition) is 2. The molecule has 0 aliphatic rings. The Hall–Kier alpha value is -3.07. The molecule has 0 fully saturated rings. The first kappa shape index (κ1) is 15.8. The monoisotopic (exact) mass is 317 g/mol. The number of aryl methyl sites for hydroxylation is 2. The average molecular weight is 317 g/mol. The first-order valence-electron chi connectivity index (χ1n) is 7.78. The Morgan fingerprint density at radius 3 is 2.04 bits per heavy atom. The van der Waals surface area contributed by atoms with Gasteiger partial charge in [0.2, 0.25) is 0 Å². The summed E-state index contributed by atoms with van der Waals surface area (Å²) in [7, 11) is 0. The zero-order chi connectivity index (χ0) is 17.1. The van der Waals surface area contributed by atoms with E-state index in [1.807, 2.05) is 50.2 Å². The predicted octanol–water partition coefficient (Wildman–Crippen LogP) is 5.13. The van der Waals surface area contributed by atoms with E-state index in [4.69, 9.17) is 0 Å². The summed E-state index contributed by atoms with van der Waals surface area (Å²) in [4.78, 5) is 4.56. The van der Waals surface area contributed by atoms with Crippen LogP contribution in [0.3, 0.4) is 0 Å². The first-order chi connectivity index (χ1) is 11.6. The van der Waals surface area contributed by atoms with Gasteiger partial charge in [-0.1, -0.05) is 36.4 Å². The minimum Gasteiger partial charge on any atom is -0.507 e. The van der Waals surface area contributed by atoms with Crippen molar-refractivity contribution < 1.29 is 10.2 Å². The molecule has 0 aliphatic heterocycles. The zero-order valence-corrected chi connectivity index (χ0v) is 13.7. The summed E-state index contributed by atoms with van der Waals surface area (Å²) in [5.74, 6) is 0.428. The Morgan fingerprint density at radius 2 is 1.33 bits per heavy atom. The second kappa shape index (κ2) is 6.59. The van der Waals surface area contributed by atoms with Crippen LogP contribution in [0.5, 0.6) is 11.5 Å². The first-order valence-corrected chi connectivity index (χ1v) is 7.78. The van der Waals surface area contributed by atoms with Gasteiger partial charge in [0.05, 0.1) is 5.69 Å². The highest BCUT2D eigenvalue weighted by Gasteiger charge is 2.14. The molecule has 0 radical (unpaired) electrons. The number of phenols is 2. The lowest BCUT2D eigenvalue weighted by atomic mass is 9.94. The third-order valence-electron chi connectivity index (χ3n) is 4.03. The van der Waals surface area contributed by atoms with Crippen molar-refractivity contribution in [1.29, 1.82) is 0 Å². The van der Waals surface area contributed by atoms with Crippen LogP contribution in [0, 0.1) is 13.8 Å². The van der Waals surface area contributed by atoms with Gasteiger partial charge in [0, 0.05) is 22.9 Å². The molecule has 0 bridgehead atoms. The molecule has 3 aromatic carbocycles. The van der Waals surface area contributed by atoms with Crippen LogP contribution in [-0.2, 0) is 0 Å². The fraction of sp³-hybridized carbons (Fsp3) is 0.0952. The number of nitrogens with zero attached hydrogens (tertiary/aromatic N) is 1. The lowest BCUT2D eigenvalue weighted by Crippen LogP contribution is -1.89. The third kappa shape index (κ3) is 3.01. The number of aliphatic imine (C=N–C) groups is 1. The molecule has 0 spiro atoms. The van der Waals surface area contributed by atoms with Crippen molar-refractivity contribution in [3.8, 4) is 22.6 Å². The highest BCUT2D eigenvalue weighted by molar-refractivity contribution is 5.90. The highest BCUT2D eigenvalue weighted by atomic mass is 16.3. The minimum atomic E-state index is 0.189. The summed E-state index contributed by atoms with van der Waals surface area (Å²) >= 11 is 0. The van der Waals surface area contributed by atoms with Gasteiger partial charge in [-0.25, -0.2) is 0 Å². The Labute approximate surface area is 141 Å². The van der Waals surface area contributed by atoms with E-state index in [0.29, 0.717) is 5.56 Å².